The molecule has 4 rings (SSSR count). The number of rotatable bonds is 2. The number of hydrogen-bond acceptors (Lipinski definition) is 4. The summed E-state index contributed by atoms with van der Waals surface area (Å²) in [6, 6.07) is 12.3. The van der Waals surface area contributed by atoms with Crippen LogP contribution in [-0.4, -0.2) is 31.6 Å². The molecular weight excluding hydrogens is 425 g/mol. The molecule has 0 N–H and O–H groups in total. The van der Waals surface area contributed by atoms with E-state index in [9.17, 15) is 10.0 Å². The van der Waals surface area contributed by atoms with Gasteiger partial charge in [0.1, 0.15) is 17.6 Å². The van der Waals surface area contributed by atoms with E-state index < -0.39 is 11.6 Å². The summed E-state index contributed by atoms with van der Waals surface area (Å²) in [5.41, 5.74) is 2.07. The predicted octanol–water partition coefficient (Wildman–Crippen LogP) is 5.00. The Hall–Kier alpha value is -2.83. The summed E-state index contributed by atoms with van der Waals surface area (Å²) < 4.78 is 8.01. The highest BCUT2D eigenvalue weighted by atomic mass is 35.5. The van der Waals surface area contributed by atoms with Crippen LogP contribution in [-0.2, 0) is 11.3 Å². The number of hydrogen-bond donors (Lipinski definition) is 0. The van der Waals surface area contributed by atoms with Crippen LogP contribution in [0.25, 0.3) is 5.69 Å². The summed E-state index contributed by atoms with van der Waals surface area (Å²) in [6.45, 7) is 5.22. The maximum Gasteiger partial charge on any atom is 0.359 e. The summed E-state index contributed by atoms with van der Waals surface area (Å²) in [7, 11) is 0. The van der Waals surface area contributed by atoms with Gasteiger partial charge in [0.2, 0.25) is 5.71 Å². The molecule has 0 aliphatic carbocycles. The molecule has 6 nitrogen and oxygen atoms in total. The van der Waals surface area contributed by atoms with Gasteiger partial charge in [-0.1, -0.05) is 35.3 Å². The summed E-state index contributed by atoms with van der Waals surface area (Å²) in [5.74, 6) is -0.582. The molecule has 1 aliphatic rings. The van der Waals surface area contributed by atoms with Crippen LogP contribution in [0.15, 0.2) is 48.8 Å². The molecule has 1 aromatic heterocycles. The van der Waals surface area contributed by atoms with Gasteiger partial charge in [-0.25, -0.2) is 9.78 Å². The highest BCUT2D eigenvalue weighted by Gasteiger charge is 2.32. The van der Waals surface area contributed by atoms with Gasteiger partial charge in [-0.05, 0) is 51.1 Å². The van der Waals surface area contributed by atoms with E-state index in [2.05, 4.69) is 4.98 Å². The smallest absolute Gasteiger partial charge is 0.359 e. The lowest BCUT2D eigenvalue weighted by Crippen LogP contribution is -2.25. The normalized spacial score (nSPS) is 13.5. The van der Waals surface area contributed by atoms with Crippen molar-refractivity contribution in [3.05, 3.63) is 86.6 Å². The molecule has 8 heteroatoms. The molecule has 0 spiro atoms. The topological polar surface area (TPSA) is 70.2 Å². The number of benzene rings is 2. The van der Waals surface area contributed by atoms with Gasteiger partial charge in [0.05, 0.1) is 21.8 Å². The number of aromatic nitrogens is 2. The summed E-state index contributed by atoms with van der Waals surface area (Å²) in [6.07, 6.45) is 1.52. The van der Waals surface area contributed by atoms with Crippen LogP contribution in [0.1, 0.15) is 48.1 Å². The van der Waals surface area contributed by atoms with Gasteiger partial charge >= 0.3 is 5.97 Å². The molecule has 2 heterocycles. The molecule has 0 saturated heterocycles. The maximum atomic E-state index is 13.3. The lowest BCUT2D eigenvalue weighted by molar-refractivity contribution is -0.474. The zero-order valence-electron chi connectivity index (χ0n) is 16.6. The van der Waals surface area contributed by atoms with Crippen LogP contribution in [0.4, 0.5) is 0 Å². The minimum Gasteiger partial charge on any atom is -0.623 e. The van der Waals surface area contributed by atoms with E-state index in [4.69, 9.17) is 27.9 Å². The van der Waals surface area contributed by atoms with Gasteiger partial charge in [-0.15, -0.1) is 0 Å². The number of carbonyl (C=O) groups excluding carboxylic acids is 1. The molecule has 30 heavy (non-hydrogen) atoms. The Labute approximate surface area is 183 Å². The zero-order valence-corrected chi connectivity index (χ0v) is 18.2. The first kappa shape index (κ1) is 20.4. The molecule has 154 valence electrons. The minimum atomic E-state index is -0.685. The van der Waals surface area contributed by atoms with E-state index >= 15 is 0 Å². The second-order valence-corrected chi connectivity index (χ2v) is 8.78. The van der Waals surface area contributed by atoms with Crippen molar-refractivity contribution < 1.29 is 14.3 Å². The number of ether oxygens (including phenoxy) is 1. The van der Waals surface area contributed by atoms with Crippen molar-refractivity contribution in [3.63, 3.8) is 0 Å². The van der Waals surface area contributed by atoms with Gasteiger partial charge in [0, 0.05) is 5.02 Å². The van der Waals surface area contributed by atoms with E-state index in [0.29, 0.717) is 38.3 Å². The average molecular weight is 444 g/mol. The third-order valence-corrected chi connectivity index (χ3v) is 5.17. The Morgan fingerprint density at radius 1 is 1.17 bits per heavy atom. The van der Waals surface area contributed by atoms with E-state index in [1.807, 2.05) is 6.07 Å². The molecule has 0 fully saturated rings. The summed E-state index contributed by atoms with van der Waals surface area (Å²) in [4.78, 5) is 17.0. The fraction of sp³-hybridized carbons (Fsp3) is 0.227. The summed E-state index contributed by atoms with van der Waals surface area (Å²) >= 11 is 12.7. The number of fused-ring (bicyclic) bond motifs is 3. The number of hydroxylamine groups is 1. The number of carbonyl (C=O) groups is 1. The van der Waals surface area contributed by atoms with Crippen LogP contribution in [0, 0.1) is 5.21 Å². The molecule has 3 aromatic rings. The van der Waals surface area contributed by atoms with E-state index in [0.717, 1.165) is 4.74 Å². The highest BCUT2D eigenvalue weighted by Crippen LogP contribution is 2.31. The molecule has 0 bridgehead atoms. The van der Waals surface area contributed by atoms with Crippen LogP contribution in [0.3, 0.4) is 0 Å². The van der Waals surface area contributed by atoms with Crippen molar-refractivity contribution in [2.24, 2.45) is 0 Å². The molecule has 0 atom stereocenters. The molecule has 0 radical (unpaired) electrons. The van der Waals surface area contributed by atoms with E-state index in [-0.39, 0.29) is 12.2 Å². The van der Waals surface area contributed by atoms with Gasteiger partial charge in [0.15, 0.2) is 12.2 Å². The molecule has 0 amide bonds. The third-order valence-electron chi connectivity index (χ3n) is 4.60. The first-order valence-electron chi connectivity index (χ1n) is 9.32. The zero-order chi connectivity index (χ0) is 21.6. The standard InChI is InChI=1S/C22H19Cl2N3O3/c1-22(2,3)30-21(28)19-18-11-27(29)20(14-6-4-5-7-16(14)24)15-10-13(23)8-9-17(15)26(18)12-25-19/h4-10,12H,11H2,1-3H3. The van der Waals surface area contributed by atoms with Crippen molar-refractivity contribution in [1.82, 2.24) is 9.55 Å². The average Bonchev–Trinajstić information content (AvgIpc) is 3.01. The first-order valence-corrected chi connectivity index (χ1v) is 10.1. The maximum absolute atomic E-state index is 13.3. The number of imidazole rings is 1. The first-order chi connectivity index (χ1) is 14.2. The Balaban J connectivity index is 1.95. The van der Waals surface area contributed by atoms with Crippen LogP contribution >= 0.6 is 23.2 Å². The molecule has 0 unspecified atom stereocenters. The fourth-order valence-electron chi connectivity index (χ4n) is 3.42. The van der Waals surface area contributed by atoms with E-state index in [1.165, 1.54) is 6.33 Å². The molecule has 0 saturated carbocycles. The number of nitrogens with zero attached hydrogens (tertiary/aromatic N) is 3. The predicted molar refractivity (Wildman–Crippen MR) is 116 cm³/mol. The van der Waals surface area contributed by atoms with Gasteiger partial charge in [-0.3, -0.25) is 4.57 Å². The Morgan fingerprint density at radius 2 is 1.90 bits per heavy atom. The Morgan fingerprint density at radius 3 is 2.60 bits per heavy atom. The van der Waals surface area contributed by atoms with Crippen molar-refractivity contribution >= 4 is 34.9 Å². The van der Waals surface area contributed by atoms with Gasteiger partial charge in [-0.2, -0.15) is 4.74 Å². The monoisotopic (exact) mass is 443 g/mol. The van der Waals surface area contributed by atoms with Crippen molar-refractivity contribution in [3.8, 4) is 5.69 Å². The van der Waals surface area contributed by atoms with Crippen LogP contribution < -0.4 is 0 Å². The quantitative estimate of drug-likeness (QED) is 0.317. The van der Waals surface area contributed by atoms with Crippen molar-refractivity contribution in [2.75, 3.05) is 0 Å². The lowest BCUT2D eigenvalue weighted by atomic mass is 10.0. The van der Waals surface area contributed by atoms with Crippen molar-refractivity contribution in [1.29, 1.82) is 0 Å². The molecule has 2 aromatic carbocycles. The Kier molecular flexibility index (Phi) is 5.08. The number of esters is 1. The minimum absolute atomic E-state index is 0.104. The third kappa shape index (κ3) is 3.68. The number of halogens is 2. The second-order valence-electron chi connectivity index (χ2n) is 7.94. The SMILES string of the molecule is CC(C)(C)OC(=O)c1ncn2c1C[N+]([O-])=C(c1ccccc1Cl)c1cc(Cl)ccc1-2. The Bertz CT molecular complexity index is 1190. The van der Waals surface area contributed by atoms with Crippen molar-refractivity contribution in [2.45, 2.75) is 32.9 Å². The van der Waals surface area contributed by atoms with Gasteiger partial charge < -0.3 is 9.94 Å². The summed E-state index contributed by atoms with van der Waals surface area (Å²) in [5, 5.41) is 14.3. The largest absolute Gasteiger partial charge is 0.623 e. The van der Waals surface area contributed by atoms with E-state index in [1.54, 1.807) is 61.7 Å². The van der Waals surface area contributed by atoms with Crippen LogP contribution in [0.5, 0.6) is 0 Å². The highest BCUT2D eigenvalue weighted by molar-refractivity contribution is 6.35. The van der Waals surface area contributed by atoms with Crippen LogP contribution in [0.2, 0.25) is 10.0 Å². The second kappa shape index (κ2) is 7.45. The van der Waals surface area contributed by atoms with Gasteiger partial charge in [0.25, 0.3) is 0 Å². The molecular formula is C22H19Cl2N3O3. The lowest BCUT2D eigenvalue weighted by Gasteiger charge is -2.19. The fourth-order valence-corrected chi connectivity index (χ4v) is 3.82. The molecule has 1 aliphatic heterocycles.